The smallest absolute Gasteiger partial charge is 0.303 e. The van der Waals surface area contributed by atoms with Crippen molar-refractivity contribution in [1.29, 1.82) is 0 Å². The molecule has 0 spiro atoms. The number of nitrogens with zero attached hydrogens (tertiary/aromatic N) is 1. The van der Waals surface area contributed by atoms with E-state index in [1.807, 2.05) is 23.8 Å². The van der Waals surface area contributed by atoms with Crippen LogP contribution in [0.1, 0.15) is 49.5 Å². The molecule has 6 heteroatoms. The summed E-state index contributed by atoms with van der Waals surface area (Å²) in [7, 11) is 0. The Kier molecular flexibility index (Phi) is 7.36. The number of amides is 1. The lowest BCUT2D eigenvalue weighted by atomic mass is 10.1. The molecule has 1 amide bonds. The second-order valence-electron chi connectivity index (χ2n) is 4.64. The second kappa shape index (κ2) is 8.79. The van der Waals surface area contributed by atoms with Gasteiger partial charge in [-0.1, -0.05) is 12.8 Å². The van der Waals surface area contributed by atoms with E-state index in [2.05, 4.69) is 21.2 Å². The molecule has 0 aliphatic heterocycles. The van der Waals surface area contributed by atoms with Crippen molar-refractivity contribution in [2.45, 2.75) is 45.6 Å². The number of unbranched alkanes of at least 4 members (excludes halogenated alkanes) is 3. The second-order valence-corrected chi connectivity index (χ2v) is 5.56. The van der Waals surface area contributed by atoms with Crippen LogP contribution in [-0.2, 0) is 11.3 Å². The number of hydrogen-bond donors (Lipinski definition) is 2. The lowest BCUT2D eigenvalue weighted by Gasteiger charge is -2.07. The molecule has 1 heterocycles. The summed E-state index contributed by atoms with van der Waals surface area (Å²) in [6.07, 6.45) is 5.52. The van der Waals surface area contributed by atoms with E-state index in [9.17, 15) is 9.59 Å². The summed E-state index contributed by atoms with van der Waals surface area (Å²) >= 11 is 3.37. The van der Waals surface area contributed by atoms with Crippen molar-refractivity contribution in [3.8, 4) is 0 Å². The molecule has 0 saturated carbocycles. The number of aryl methyl sites for hydroxylation is 1. The molecule has 20 heavy (non-hydrogen) atoms. The molecule has 2 N–H and O–H groups in total. The fraction of sp³-hybridized carbons (Fsp3) is 0.571. The molecule has 0 aliphatic carbocycles. The van der Waals surface area contributed by atoms with Gasteiger partial charge in [0.15, 0.2) is 0 Å². The van der Waals surface area contributed by atoms with E-state index in [4.69, 9.17) is 5.11 Å². The average molecular weight is 345 g/mol. The lowest BCUT2D eigenvalue weighted by Crippen LogP contribution is -2.26. The summed E-state index contributed by atoms with van der Waals surface area (Å²) < 4.78 is 2.80. The summed E-state index contributed by atoms with van der Waals surface area (Å²) in [5, 5.41) is 11.4. The first-order valence-corrected chi connectivity index (χ1v) is 7.69. The van der Waals surface area contributed by atoms with Gasteiger partial charge in [-0.25, -0.2) is 0 Å². The third-order valence-corrected chi connectivity index (χ3v) is 3.47. The highest BCUT2D eigenvalue weighted by atomic mass is 79.9. The summed E-state index contributed by atoms with van der Waals surface area (Å²) in [5.41, 5.74) is 0.658. The van der Waals surface area contributed by atoms with Gasteiger partial charge in [0.1, 0.15) is 5.69 Å². The fourth-order valence-corrected chi connectivity index (χ4v) is 2.44. The largest absolute Gasteiger partial charge is 0.481 e. The van der Waals surface area contributed by atoms with Crippen LogP contribution in [0.3, 0.4) is 0 Å². The topological polar surface area (TPSA) is 71.3 Å². The Hall–Kier alpha value is -1.30. The van der Waals surface area contributed by atoms with Gasteiger partial charge in [0.05, 0.1) is 0 Å². The predicted molar refractivity (Wildman–Crippen MR) is 80.9 cm³/mol. The monoisotopic (exact) mass is 344 g/mol. The van der Waals surface area contributed by atoms with Crippen molar-refractivity contribution in [3.05, 3.63) is 22.4 Å². The Labute approximate surface area is 127 Å². The highest BCUT2D eigenvalue weighted by molar-refractivity contribution is 9.10. The van der Waals surface area contributed by atoms with Gasteiger partial charge in [-0.15, -0.1) is 0 Å². The van der Waals surface area contributed by atoms with Crippen LogP contribution < -0.4 is 5.32 Å². The summed E-state index contributed by atoms with van der Waals surface area (Å²) in [6, 6.07) is 1.81. The molecule has 1 aromatic heterocycles. The third kappa shape index (κ3) is 5.77. The van der Waals surface area contributed by atoms with Crippen LogP contribution in [0.2, 0.25) is 0 Å². The molecule has 0 aliphatic rings. The quantitative estimate of drug-likeness (QED) is 0.676. The van der Waals surface area contributed by atoms with E-state index >= 15 is 0 Å². The molecule has 5 nitrogen and oxygen atoms in total. The predicted octanol–water partition coefficient (Wildman–Crippen LogP) is 3.04. The van der Waals surface area contributed by atoms with Crippen molar-refractivity contribution < 1.29 is 14.7 Å². The van der Waals surface area contributed by atoms with E-state index in [1.54, 1.807) is 0 Å². The molecule has 1 rings (SSSR count). The molecule has 0 saturated heterocycles. The molecular weight excluding hydrogens is 324 g/mol. The van der Waals surface area contributed by atoms with Crippen LogP contribution in [0.15, 0.2) is 16.7 Å². The number of carbonyl (C=O) groups excluding carboxylic acids is 1. The highest BCUT2D eigenvalue weighted by Crippen LogP contribution is 2.14. The van der Waals surface area contributed by atoms with Crippen molar-refractivity contribution in [2.24, 2.45) is 0 Å². The first-order chi connectivity index (χ1) is 9.54. The summed E-state index contributed by atoms with van der Waals surface area (Å²) in [5.74, 6) is -0.813. The number of hydrogen-bond acceptors (Lipinski definition) is 2. The maximum atomic E-state index is 12.0. The molecule has 0 atom stereocenters. The Bertz CT molecular complexity index is 457. The van der Waals surface area contributed by atoms with Gasteiger partial charge in [0, 0.05) is 30.2 Å². The fourth-order valence-electron chi connectivity index (χ4n) is 1.97. The maximum Gasteiger partial charge on any atom is 0.303 e. The van der Waals surface area contributed by atoms with E-state index < -0.39 is 5.97 Å². The van der Waals surface area contributed by atoms with Gasteiger partial charge in [-0.3, -0.25) is 9.59 Å². The molecule has 0 bridgehead atoms. The van der Waals surface area contributed by atoms with Crippen LogP contribution in [0.5, 0.6) is 0 Å². The van der Waals surface area contributed by atoms with Crippen LogP contribution in [0.4, 0.5) is 0 Å². The van der Waals surface area contributed by atoms with Gasteiger partial charge in [0.2, 0.25) is 0 Å². The van der Waals surface area contributed by atoms with Crippen LogP contribution >= 0.6 is 15.9 Å². The molecule has 1 aromatic rings. The van der Waals surface area contributed by atoms with E-state index in [1.165, 1.54) is 0 Å². The lowest BCUT2D eigenvalue weighted by molar-refractivity contribution is -0.137. The Morgan fingerprint density at radius 2 is 2.00 bits per heavy atom. The first-order valence-electron chi connectivity index (χ1n) is 6.90. The number of aromatic nitrogens is 1. The zero-order chi connectivity index (χ0) is 15.0. The van der Waals surface area contributed by atoms with Crippen molar-refractivity contribution in [2.75, 3.05) is 6.54 Å². The van der Waals surface area contributed by atoms with Crippen LogP contribution in [0, 0.1) is 0 Å². The molecule has 0 radical (unpaired) electrons. The average Bonchev–Trinajstić information content (AvgIpc) is 2.78. The maximum absolute atomic E-state index is 12.0. The number of carboxylic acid groups (broad SMARTS) is 1. The third-order valence-electron chi connectivity index (χ3n) is 3.04. The summed E-state index contributed by atoms with van der Waals surface area (Å²) in [6.45, 7) is 3.37. The number of carboxylic acids is 1. The Morgan fingerprint density at radius 1 is 1.30 bits per heavy atom. The Morgan fingerprint density at radius 3 is 2.65 bits per heavy atom. The van der Waals surface area contributed by atoms with Gasteiger partial charge < -0.3 is 15.0 Å². The Balaban J connectivity index is 2.21. The van der Waals surface area contributed by atoms with Crippen LogP contribution in [-0.4, -0.2) is 28.1 Å². The standard InChI is InChI=1S/C14H21BrN2O3/c1-2-17-10-11(15)9-12(17)14(20)16-8-6-4-3-5-7-13(18)19/h9-10H,2-8H2,1H3,(H,16,20)(H,18,19). The minimum Gasteiger partial charge on any atom is -0.481 e. The number of halogens is 1. The first kappa shape index (κ1) is 16.8. The molecule has 0 unspecified atom stereocenters. The minimum absolute atomic E-state index is 0.0666. The van der Waals surface area contributed by atoms with Gasteiger partial charge >= 0.3 is 5.97 Å². The number of nitrogens with one attached hydrogen (secondary N) is 1. The van der Waals surface area contributed by atoms with Crippen molar-refractivity contribution in [3.63, 3.8) is 0 Å². The van der Waals surface area contributed by atoms with Crippen LogP contribution in [0.25, 0.3) is 0 Å². The zero-order valence-corrected chi connectivity index (χ0v) is 13.3. The van der Waals surface area contributed by atoms with Gasteiger partial charge in [0.25, 0.3) is 5.91 Å². The van der Waals surface area contributed by atoms with Crippen molar-refractivity contribution >= 4 is 27.8 Å². The van der Waals surface area contributed by atoms with Gasteiger partial charge in [-0.05, 0) is 41.8 Å². The van der Waals surface area contributed by atoms with E-state index in [0.29, 0.717) is 18.7 Å². The zero-order valence-electron chi connectivity index (χ0n) is 11.7. The van der Waals surface area contributed by atoms with E-state index in [0.717, 1.165) is 30.3 Å². The molecule has 112 valence electrons. The molecule has 0 fully saturated rings. The summed E-state index contributed by atoms with van der Waals surface area (Å²) in [4.78, 5) is 22.3. The van der Waals surface area contributed by atoms with E-state index in [-0.39, 0.29) is 12.3 Å². The van der Waals surface area contributed by atoms with Gasteiger partial charge in [-0.2, -0.15) is 0 Å². The number of aliphatic carboxylic acids is 1. The molecular formula is C14H21BrN2O3. The van der Waals surface area contributed by atoms with Crippen molar-refractivity contribution in [1.82, 2.24) is 9.88 Å². The molecule has 0 aromatic carbocycles. The number of rotatable bonds is 9. The minimum atomic E-state index is -0.746. The number of carbonyl (C=O) groups is 2. The normalized spacial score (nSPS) is 10.5. The SMILES string of the molecule is CCn1cc(Br)cc1C(=O)NCCCCCCC(=O)O. The highest BCUT2D eigenvalue weighted by Gasteiger charge is 2.11.